The number of nitrogens with one attached hydrogen (secondary N) is 6. The second kappa shape index (κ2) is 17.4. The van der Waals surface area contributed by atoms with Crippen molar-refractivity contribution in [3.8, 4) is 0 Å². The number of benzene rings is 2. The van der Waals surface area contributed by atoms with Gasteiger partial charge in [-0.3, -0.25) is 38.7 Å². The summed E-state index contributed by atoms with van der Waals surface area (Å²) in [5, 5.41) is 10.9. The zero-order valence-corrected chi connectivity index (χ0v) is 29.1. The van der Waals surface area contributed by atoms with Crippen LogP contribution in [0.25, 0.3) is 12.2 Å². The van der Waals surface area contributed by atoms with Gasteiger partial charge < -0.3 is 30.4 Å². The summed E-state index contributed by atoms with van der Waals surface area (Å²) < 4.78 is 2.36. The summed E-state index contributed by atoms with van der Waals surface area (Å²) in [4.78, 5) is 101. The Morgan fingerprint density at radius 2 is 0.962 bits per heavy atom. The van der Waals surface area contributed by atoms with Gasteiger partial charge in [0.25, 0.3) is 11.1 Å². The van der Waals surface area contributed by atoms with Crippen molar-refractivity contribution in [3.05, 3.63) is 125 Å². The summed E-state index contributed by atoms with van der Waals surface area (Å²) in [5.41, 5.74) is 0.997. The number of nitrogens with zero attached hydrogens (tertiary/aromatic N) is 2. The van der Waals surface area contributed by atoms with Gasteiger partial charge in [-0.1, -0.05) is 50.3 Å². The number of aromatic amines is 2. The molecule has 0 bridgehead atoms. The van der Waals surface area contributed by atoms with E-state index in [1.54, 1.807) is 38.1 Å². The molecule has 0 fully saturated rings. The summed E-state index contributed by atoms with van der Waals surface area (Å²) in [6.45, 7) is 3.46. The largest absolute Gasteiger partial charge is 0.355 e. The second-order valence-corrected chi connectivity index (χ2v) is 12.3. The fourth-order valence-corrected chi connectivity index (χ4v) is 4.80. The Morgan fingerprint density at radius 3 is 1.31 bits per heavy atom. The van der Waals surface area contributed by atoms with Gasteiger partial charge >= 0.3 is 11.4 Å². The second-order valence-electron chi connectivity index (χ2n) is 12.3. The predicted octanol–water partition coefficient (Wildman–Crippen LogP) is 0.498. The first-order chi connectivity index (χ1) is 24.7. The van der Waals surface area contributed by atoms with E-state index in [9.17, 15) is 38.4 Å². The molecule has 272 valence electrons. The number of aromatic nitrogens is 4. The minimum absolute atomic E-state index is 0.0628. The molecule has 0 saturated carbocycles. The van der Waals surface area contributed by atoms with E-state index in [-0.39, 0.29) is 49.1 Å². The molecule has 0 aliphatic carbocycles. The van der Waals surface area contributed by atoms with Gasteiger partial charge in [-0.05, 0) is 35.4 Å². The highest BCUT2D eigenvalue weighted by Gasteiger charge is 2.17. The quantitative estimate of drug-likeness (QED) is 0.101. The third kappa shape index (κ3) is 11.0. The van der Waals surface area contributed by atoms with E-state index < -0.39 is 46.1 Å². The normalized spacial score (nSPS) is 12.2. The molecule has 16 nitrogen and oxygen atoms in total. The standard InChI is InChI=1S/C36H40N8O8/c1-21(19-37-29(45)15-27-17-31(47)41-35(51)43(27)3)33(49)39-25-11-7-23(8-12-25)5-6-24-9-13-26(14-10-24)40-34(50)22(2)20-38-30(46)16-28-18-32(48)42-36(52)44(28)4/h5-14,17-18,21-22H,15-16,19-20H2,1-4H3,(H,37,45)(H,38,46)(H,39,49)(H,40,50)(H,41,47,51)(H,42,48,52)/b6-5+. The fourth-order valence-electron chi connectivity index (χ4n) is 4.80. The molecule has 4 aromatic rings. The van der Waals surface area contributed by atoms with Crippen LogP contribution < -0.4 is 43.8 Å². The van der Waals surface area contributed by atoms with Crippen molar-refractivity contribution >= 4 is 47.2 Å². The Kier molecular flexibility index (Phi) is 12.8. The zero-order chi connectivity index (χ0) is 37.9. The minimum Gasteiger partial charge on any atom is -0.355 e. The van der Waals surface area contributed by atoms with Crippen LogP contribution in [0.2, 0.25) is 0 Å². The minimum atomic E-state index is -0.616. The summed E-state index contributed by atoms with van der Waals surface area (Å²) >= 11 is 0. The van der Waals surface area contributed by atoms with Crippen molar-refractivity contribution in [1.29, 1.82) is 0 Å². The number of hydrogen-bond acceptors (Lipinski definition) is 8. The summed E-state index contributed by atoms with van der Waals surface area (Å²) in [5.74, 6) is -2.56. The van der Waals surface area contributed by atoms with Crippen LogP contribution in [0.4, 0.5) is 11.4 Å². The van der Waals surface area contributed by atoms with E-state index >= 15 is 0 Å². The van der Waals surface area contributed by atoms with Crippen molar-refractivity contribution in [1.82, 2.24) is 29.7 Å². The SMILES string of the molecule is CC(CNC(=O)Cc1cc(=O)[nH]c(=O)n1C)C(=O)Nc1ccc(/C=C/c2ccc(NC(=O)C(C)CNC(=O)Cc3cc(=O)[nH]c(=O)n3C)cc2)cc1. The van der Waals surface area contributed by atoms with Crippen LogP contribution in [0.3, 0.4) is 0 Å². The van der Waals surface area contributed by atoms with Crippen LogP contribution in [0.15, 0.2) is 79.8 Å². The highest BCUT2D eigenvalue weighted by Crippen LogP contribution is 2.16. The van der Waals surface area contributed by atoms with E-state index in [0.29, 0.717) is 11.4 Å². The average molecular weight is 713 g/mol. The molecular formula is C36H40N8O8. The lowest BCUT2D eigenvalue weighted by Gasteiger charge is -2.14. The van der Waals surface area contributed by atoms with Gasteiger partial charge in [0.15, 0.2) is 0 Å². The molecule has 2 aromatic carbocycles. The van der Waals surface area contributed by atoms with E-state index in [1.807, 2.05) is 36.4 Å². The lowest BCUT2D eigenvalue weighted by Crippen LogP contribution is -2.37. The number of carbonyl (C=O) groups is 4. The van der Waals surface area contributed by atoms with Crippen LogP contribution in [-0.4, -0.2) is 55.8 Å². The van der Waals surface area contributed by atoms with Gasteiger partial charge in [0.2, 0.25) is 23.6 Å². The molecule has 0 aliphatic heterocycles. The van der Waals surface area contributed by atoms with Crippen LogP contribution in [0.1, 0.15) is 36.4 Å². The Hall–Kier alpha value is -6.58. The first kappa shape index (κ1) is 38.2. The van der Waals surface area contributed by atoms with Gasteiger partial charge in [0, 0.05) is 62.1 Å². The smallest absolute Gasteiger partial charge is 0.328 e. The highest BCUT2D eigenvalue weighted by atomic mass is 16.2. The molecule has 2 atom stereocenters. The van der Waals surface area contributed by atoms with E-state index in [4.69, 9.17) is 0 Å². The monoisotopic (exact) mass is 712 g/mol. The Morgan fingerprint density at radius 1 is 0.615 bits per heavy atom. The molecule has 0 spiro atoms. The number of H-pyrrole nitrogens is 2. The molecular weight excluding hydrogens is 672 g/mol. The topological polar surface area (TPSA) is 226 Å². The Balaban J connectivity index is 1.19. The number of hydrogen-bond donors (Lipinski definition) is 6. The molecule has 4 amide bonds. The van der Waals surface area contributed by atoms with Gasteiger partial charge in [0.05, 0.1) is 24.7 Å². The van der Waals surface area contributed by atoms with Crippen LogP contribution in [0.5, 0.6) is 0 Å². The van der Waals surface area contributed by atoms with Crippen molar-refractivity contribution in [2.45, 2.75) is 26.7 Å². The number of amides is 4. The third-order valence-electron chi connectivity index (χ3n) is 8.14. The predicted molar refractivity (Wildman–Crippen MR) is 195 cm³/mol. The van der Waals surface area contributed by atoms with Crippen molar-refractivity contribution in [2.24, 2.45) is 25.9 Å². The number of carbonyl (C=O) groups excluding carboxylic acids is 4. The molecule has 16 heteroatoms. The maximum atomic E-state index is 12.7. The third-order valence-corrected chi connectivity index (χ3v) is 8.14. The van der Waals surface area contributed by atoms with E-state index in [0.717, 1.165) is 11.1 Å². The van der Waals surface area contributed by atoms with Gasteiger partial charge in [-0.15, -0.1) is 0 Å². The van der Waals surface area contributed by atoms with E-state index in [2.05, 4.69) is 31.2 Å². The molecule has 52 heavy (non-hydrogen) atoms. The molecule has 0 saturated heterocycles. The van der Waals surface area contributed by atoms with Crippen LogP contribution in [-0.2, 0) is 46.1 Å². The summed E-state index contributed by atoms with van der Waals surface area (Å²) in [7, 11) is 2.90. The molecule has 2 aromatic heterocycles. The van der Waals surface area contributed by atoms with Crippen LogP contribution >= 0.6 is 0 Å². The highest BCUT2D eigenvalue weighted by molar-refractivity contribution is 5.94. The average Bonchev–Trinajstić information content (AvgIpc) is 3.10. The Bertz CT molecular complexity index is 2060. The lowest BCUT2D eigenvalue weighted by atomic mass is 10.1. The first-order valence-corrected chi connectivity index (χ1v) is 16.3. The fraction of sp³-hybridized carbons (Fsp3) is 0.278. The summed E-state index contributed by atoms with van der Waals surface area (Å²) in [6, 6.07) is 16.7. The molecule has 6 N–H and O–H groups in total. The summed E-state index contributed by atoms with van der Waals surface area (Å²) in [6.07, 6.45) is 3.41. The number of anilines is 2. The molecule has 2 heterocycles. The molecule has 4 rings (SSSR count). The van der Waals surface area contributed by atoms with Crippen molar-refractivity contribution < 1.29 is 19.2 Å². The van der Waals surface area contributed by atoms with E-state index in [1.165, 1.54) is 35.4 Å². The van der Waals surface area contributed by atoms with Gasteiger partial charge in [0.1, 0.15) is 0 Å². The molecule has 0 aliphatic rings. The van der Waals surface area contributed by atoms with Crippen LogP contribution in [0, 0.1) is 11.8 Å². The van der Waals surface area contributed by atoms with Gasteiger partial charge in [-0.2, -0.15) is 0 Å². The van der Waals surface area contributed by atoms with Gasteiger partial charge in [-0.25, -0.2) is 9.59 Å². The number of rotatable bonds is 14. The maximum Gasteiger partial charge on any atom is 0.328 e. The lowest BCUT2D eigenvalue weighted by molar-refractivity contribution is -0.123. The zero-order valence-electron chi connectivity index (χ0n) is 29.1. The Labute approximate surface area is 297 Å². The first-order valence-electron chi connectivity index (χ1n) is 16.3. The van der Waals surface area contributed by atoms with Crippen molar-refractivity contribution in [2.75, 3.05) is 23.7 Å². The maximum absolute atomic E-state index is 12.7. The molecule has 0 radical (unpaired) electrons. The molecule has 2 unspecified atom stereocenters. The van der Waals surface area contributed by atoms with Crippen molar-refractivity contribution in [3.63, 3.8) is 0 Å².